The van der Waals surface area contributed by atoms with Crippen LogP contribution in [-0.4, -0.2) is 17.9 Å². The number of nitro benzene ring substituents is 1. The van der Waals surface area contributed by atoms with E-state index in [1.165, 1.54) is 37.5 Å². The molecular weight excluding hydrogens is 570 g/mol. The summed E-state index contributed by atoms with van der Waals surface area (Å²) < 4.78 is 12.9. The van der Waals surface area contributed by atoms with Crippen LogP contribution in [0.4, 0.5) is 11.4 Å². The number of non-ortho nitro benzene ring substituents is 1. The summed E-state index contributed by atoms with van der Waals surface area (Å²) in [5.41, 5.74) is 1.32. The molecule has 0 saturated heterocycles. The predicted molar refractivity (Wildman–Crippen MR) is 134 cm³/mol. The highest BCUT2D eigenvalue weighted by Crippen LogP contribution is 2.38. The Hall–Kier alpha value is -3.68. The smallest absolute Gasteiger partial charge is 0.271 e. The third-order valence-corrected chi connectivity index (χ3v) is 5.66. The van der Waals surface area contributed by atoms with Crippen molar-refractivity contribution in [3.05, 3.63) is 96.4 Å². The second kappa shape index (κ2) is 11.4. The molecule has 0 spiro atoms. The molecule has 0 aliphatic rings. The van der Waals surface area contributed by atoms with Gasteiger partial charge in [-0.15, -0.1) is 0 Å². The molecule has 0 aromatic heterocycles. The Morgan fingerprint density at radius 2 is 1.91 bits per heavy atom. The van der Waals surface area contributed by atoms with Crippen molar-refractivity contribution in [2.75, 3.05) is 12.4 Å². The van der Waals surface area contributed by atoms with Gasteiger partial charge < -0.3 is 14.8 Å². The van der Waals surface area contributed by atoms with Gasteiger partial charge in [0.2, 0.25) is 0 Å². The topological polar surface area (TPSA) is 114 Å². The van der Waals surface area contributed by atoms with E-state index in [0.717, 1.165) is 10.0 Å². The number of nitriles is 1. The Bertz CT molecular complexity index is 1300. The summed E-state index contributed by atoms with van der Waals surface area (Å²) in [4.78, 5) is 22.9. The molecule has 34 heavy (non-hydrogen) atoms. The lowest BCUT2D eigenvalue weighted by molar-refractivity contribution is -0.384. The molecule has 1 N–H and O–H groups in total. The summed E-state index contributed by atoms with van der Waals surface area (Å²) in [6.07, 6.45) is 1.39. The lowest BCUT2D eigenvalue weighted by Crippen LogP contribution is -2.13. The summed E-state index contributed by atoms with van der Waals surface area (Å²) in [6, 6.07) is 18.3. The summed E-state index contributed by atoms with van der Waals surface area (Å²) >= 11 is 6.85. The molecule has 8 nitrogen and oxygen atoms in total. The van der Waals surface area contributed by atoms with Crippen LogP contribution in [0.2, 0.25) is 0 Å². The number of hydrogen-bond acceptors (Lipinski definition) is 6. The van der Waals surface area contributed by atoms with Gasteiger partial charge in [-0.2, -0.15) is 5.26 Å². The van der Waals surface area contributed by atoms with E-state index < -0.39 is 10.8 Å². The number of anilines is 1. The number of halogens is 2. The molecule has 0 atom stereocenters. The molecule has 0 bridgehead atoms. The molecule has 0 heterocycles. The van der Waals surface area contributed by atoms with Crippen LogP contribution < -0.4 is 14.8 Å². The zero-order valence-electron chi connectivity index (χ0n) is 17.7. The van der Waals surface area contributed by atoms with Crippen molar-refractivity contribution < 1.29 is 19.2 Å². The number of nitro groups is 1. The largest absolute Gasteiger partial charge is 0.493 e. The normalized spacial score (nSPS) is 10.8. The number of carbonyl (C=O) groups excluding carboxylic acids is 1. The van der Waals surface area contributed by atoms with E-state index in [0.29, 0.717) is 28.1 Å². The number of hydrogen-bond donors (Lipinski definition) is 1. The van der Waals surface area contributed by atoms with Crippen LogP contribution in [0.3, 0.4) is 0 Å². The molecule has 1 amide bonds. The number of amides is 1. The highest BCUT2D eigenvalue weighted by Gasteiger charge is 2.15. The number of nitrogens with zero attached hydrogens (tertiary/aromatic N) is 2. The molecule has 0 fully saturated rings. The number of rotatable bonds is 8. The van der Waals surface area contributed by atoms with Gasteiger partial charge in [-0.3, -0.25) is 14.9 Å². The van der Waals surface area contributed by atoms with Crippen LogP contribution in [-0.2, 0) is 11.4 Å². The van der Waals surface area contributed by atoms with Crippen LogP contribution in [0, 0.1) is 21.4 Å². The quantitative estimate of drug-likeness (QED) is 0.144. The maximum atomic E-state index is 12.6. The van der Waals surface area contributed by atoms with Gasteiger partial charge in [0.25, 0.3) is 11.6 Å². The molecule has 10 heteroatoms. The Morgan fingerprint density at radius 1 is 1.18 bits per heavy atom. The first-order valence-corrected chi connectivity index (χ1v) is 11.3. The minimum atomic E-state index is -0.700. The van der Waals surface area contributed by atoms with Crippen LogP contribution in [0.1, 0.15) is 11.1 Å². The number of carbonyl (C=O) groups is 1. The monoisotopic (exact) mass is 585 g/mol. The van der Waals surface area contributed by atoms with Gasteiger partial charge in [0.15, 0.2) is 11.5 Å². The average Bonchev–Trinajstić information content (AvgIpc) is 2.82. The highest BCUT2D eigenvalue weighted by atomic mass is 79.9. The van der Waals surface area contributed by atoms with Gasteiger partial charge in [-0.25, -0.2) is 0 Å². The van der Waals surface area contributed by atoms with E-state index in [1.54, 1.807) is 12.1 Å². The van der Waals surface area contributed by atoms with Crippen LogP contribution in [0.5, 0.6) is 11.5 Å². The summed E-state index contributed by atoms with van der Waals surface area (Å²) in [7, 11) is 1.49. The molecule has 3 aromatic rings. The first-order chi connectivity index (χ1) is 16.3. The number of benzene rings is 3. The molecule has 0 unspecified atom stereocenters. The Balaban J connectivity index is 1.81. The second-order valence-electron chi connectivity index (χ2n) is 6.88. The van der Waals surface area contributed by atoms with Crippen LogP contribution in [0.25, 0.3) is 6.08 Å². The molecule has 0 radical (unpaired) electrons. The van der Waals surface area contributed by atoms with Gasteiger partial charge in [0.1, 0.15) is 18.2 Å². The van der Waals surface area contributed by atoms with Crippen molar-refractivity contribution in [3.8, 4) is 17.6 Å². The first kappa shape index (κ1) is 25.0. The Kier molecular flexibility index (Phi) is 8.40. The van der Waals surface area contributed by atoms with Gasteiger partial charge in [0.05, 0.1) is 16.5 Å². The molecule has 0 aliphatic carbocycles. The van der Waals surface area contributed by atoms with Crippen molar-refractivity contribution in [1.29, 1.82) is 5.26 Å². The Labute approximate surface area is 212 Å². The van der Waals surface area contributed by atoms with Gasteiger partial charge in [-0.05, 0) is 63.5 Å². The van der Waals surface area contributed by atoms with Crippen LogP contribution in [0.15, 0.2) is 75.2 Å². The summed E-state index contributed by atoms with van der Waals surface area (Å²) in [5.74, 6) is 0.185. The van der Waals surface area contributed by atoms with E-state index in [9.17, 15) is 20.2 Å². The maximum absolute atomic E-state index is 12.6. The van der Waals surface area contributed by atoms with Gasteiger partial charge >= 0.3 is 0 Å². The number of ether oxygens (including phenoxy) is 2. The lowest BCUT2D eigenvalue weighted by atomic mass is 10.1. The standard InChI is InChI=1S/C24H17Br2N3O5/c1-33-22-11-16(10-21(26)23(22)34-14-15-5-7-18(25)8-6-15)9-17(13-27)24(30)28-19-3-2-4-20(12-19)29(31)32/h2-12H,14H2,1H3,(H,28,30)/b17-9-. The average molecular weight is 587 g/mol. The van der Waals surface area contributed by atoms with Crippen molar-refractivity contribution in [2.24, 2.45) is 0 Å². The Morgan fingerprint density at radius 3 is 2.56 bits per heavy atom. The van der Waals surface area contributed by atoms with Crippen molar-refractivity contribution in [1.82, 2.24) is 0 Å². The summed E-state index contributed by atoms with van der Waals surface area (Å²) in [5, 5.41) is 22.9. The lowest BCUT2D eigenvalue weighted by Gasteiger charge is -2.14. The third-order valence-electron chi connectivity index (χ3n) is 4.54. The fraction of sp³-hybridized carbons (Fsp3) is 0.0833. The van der Waals surface area contributed by atoms with Gasteiger partial charge in [-0.1, -0.05) is 34.1 Å². The summed E-state index contributed by atoms with van der Waals surface area (Å²) in [6.45, 7) is 0.312. The van der Waals surface area contributed by atoms with Crippen molar-refractivity contribution >= 4 is 55.2 Å². The predicted octanol–water partition coefficient (Wildman–Crippen LogP) is 6.25. The number of nitrogens with one attached hydrogen (secondary N) is 1. The molecule has 3 aromatic carbocycles. The van der Waals surface area contributed by atoms with Gasteiger partial charge in [0, 0.05) is 22.3 Å². The fourth-order valence-corrected chi connectivity index (χ4v) is 3.75. The second-order valence-corrected chi connectivity index (χ2v) is 8.65. The zero-order valence-corrected chi connectivity index (χ0v) is 20.9. The maximum Gasteiger partial charge on any atom is 0.271 e. The molecule has 0 saturated carbocycles. The molecule has 0 aliphatic heterocycles. The minimum Gasteiger partial charge on any atom is -0.493 e. The fourth-order valence-electron chi connectivity index (χ4n) is 2.91. The first-order valence-electron chi connectivity index (χ1n) is 9.73. The van der Waals surface area contributed by atoms with E-state index in [-0.39, 0.29) is 16.9 Å². The van der Waals surface area contributed by atoms with E-state index in [1.807, 2.05) is 30.3 Å². The van der Waals surface area contributed by atoms with Crippen molar-refractivity contribution in [2.45, 2.75) is 6.61 Å². The van der Waals surface area contributed by atoms with E-state index in [2.05, 4.69) is 37.2 Å². The number of methoxy groups -OCH3 is 1. The minimum absolute atomic E-state index is 0.173. The molecular formula is C24H17Br2N3O5. The van der Waals surface area contributed by atoms with E-state index in [4.69, 9.17) is 9.47 Å². The highest BCUT2D eigenvalue weighted by molar-refractivity contribution is 9.10. The van der Waals surface area contributed by atoms with Crippen LogP contribution >= 0.6 is 31.9 Å². The van der Waals surface area contributed by atoms with Crippen molar-refractivity contribution in [3.63, 3.8) is 0 Å². The SMILES string of the molecule is COc1cc(/C=C(/C#N)C(=O)Nc2cccc([N+](=O)[O-])c2)cc(Br)c1OCc1ccc(Br)cc1. The zero-order chi connectivity index (χ0) is 24.7. The van der Waals surface area contributed by atoms with E-state index >= 15 is 0 Å². The molecule has 3 rings (SSSR count). The third kappa shape index (κ3) is 6.43. The molecule has 172 valence electrons.